The number of rotatable bonds is 9. The summed E-state index contributed by atoms with van der Waals surface area (Å²) in [6.45, 7) is 6.68. The fourth-order valence-corrected chi connectivity index (χ4v) is 6.38. The molecule has 0 aromatic heterocycles. The van der Waals surface area contributed by atoms with Gasteiger partial charge in [0.25, 0.3) is 10.0 Å². The second kappa shape index (κ2) is 8.87. The molecular formula is C25H32N2O4S. The summed E-state index contributed by atoms with van der Waals surface area (Å²) in [6, 6.07) is 18.1. The molecule has 2 aromatic rings. The molecule has 32 heavy (non-hydrogen) atoms. The van der Waals surface area contributed by atoms with Crippen molar-refractivity contribution in [1.82, 2.24) is 4.90 Å². The predicted octanol–water partition coefficient (Wildman–Crippen LogP) is 3.77. The van der Waals surface area contributed by atoms with Gasteiger partial charge in [-0.25, -0.2) is 13.2 Å². The van der Waals surface area contributed by atoms with Gasteiger partial charge in [0, 0.05) is 25.4 Å². The van der Waals surface area contributed by atoms with Crippen LogP contribution in [0.25, 0.3) is 0 Å². The van der Waals surface area contributed by atoms with Crippen molar-refractivity contribution in [3.63, 3.8) is 0 Å². The van der Waals surface area contributed by atoms with Crippen LogP contribution >= 0.6 is 0 Å². The van der Waals surface area contributed by atoms with Gasteiger partial charge in [0.2, 0.25) is 0 Å². The van der Waals surface area contributed by atoms with E-state index in [9.17, 15) is 13.2 Å². The molecule has 4 rings (SSSR count). The summed E-state index contributed by atoms with van der Waals surface area (Å²) in [5, 5.41) is 0. The highest BCUT2D eigenvalue weighted by Gasteiger charge is 2.67. The first kappa shape index (κ1) is 22.8. The molecule has 7 heteroatoms. The van der Waals surface area contributed by atoms with E-state index in [4.69, 9.17) is 4.84 Å². The molecule has 0 spiro atoms. The smallest absolute Gasteiger partial charge is 0.326 e. The average Bonchev–Trinajstić information content (AvgIpc) is 3.14. The van der Waals surface area contributed by atoms with E-state index in [1.807, 2.05) is 12.1 Å². The monoisotopic (exact) mass is 456 g/mol. The molecule has 6 nitrogen and oxygen atoms in total. The Hall–Kier alpha value is -2.38. The van der Waals surface area contributed by atoms with Gasteiger partial charge < -0.3 is 9.74 Å². The topological polar surface area (TPSA) is 66.9 Å². The molecule has 0 bridgehead atoms. The summed E-state index contributed by atoms with van der Waals surface area (Å²) in [4.78, 5) is 19.0. The second-order valence-electron chi connectivity index (χ2n) is 9.08. The van der Waals surface area contributed by atoms with Gasteiger partial charge in [0.15, 0.2) is 0 Å². The van der Waals surface area contributed by atoms with Crippen LogP contribution in [0, 0.1) is 11.8 Å². The lowest BCUT2D eigenvalue weighted by Crippen LogP contribution is -2.33. The number of carbonyl (C=O) groups excluding carboxylic acids is 1. The molecule has 1 aliphatic heterocycles. The lowest BCUT2D eigenvalue weighted by atomic mass is 9.87. The molecule has 2 aromatic carbocycles. The van der Waals surface area contributed by atoms with E-state index in [0.717, 1.165) is 55.2 Å². The Bertz CT molecular complexity index is 1060. The van der Waals surface area contributed by atoms with Crippen LogP contribution in [-0.4, -0.2) is 45.2 Å². The van der Waals surface area contributed by atoms with Gasteiger partial charge in [-0.2, -0.15) is 0 Å². The quantitative estimate of drug-likeness (QED) is 0.538. The van der Waals surface area contributed by atoms with Crippen LogP contribution in [-0.2, 0) is 31.5 Å². The van der Waals surface area contributed by atoms with Gasteiger partial charge in [-0.1, -0.05) is 53.9 Å². The van der Waals surface area contributed by atoms with Gasteiger partial charge in [0.1, 0.15) is 0 Å². The molecule has 1 saturated carbocycles. The van der Waals surface area contributed by atoms with E-state index in [-0.39, 0.29) is 5.41 Å². The second-order valence-corrected chi connectivity index (χ2v) is 10.9. The molecule has 2 unspecified atom stereocenters. The molecule has 1 heterocycles. The number of carbonyl (C=O) groups is 1. The first-order valence-electron chi connectivity index (χ1n) is 11.3. The number of anilines is 1. The van der Waals surface area contributed by atoms with Crippen LogP contribution in [0.2, 0.25) is 0 Å². The maximum atomic E-state index is 12.2. The molecule has 1 saturated heterocycles. The van der Waals surface area contributed by atoms with Gasteiger partial charge in [-0.05, 0) is 60.9 Å². The van der Waals surface area contributed by atoms with Crippen LogP contribution in [0.5, 0.6) is 0 Å². The van der Waals surface area contributed by atoms with Crippen molar-refractivity contribution in [2.24, 2.45) is 11.8 Å². The zero-order valence-corrected chi connectivity index (χ0v) is 19.8. The molecule has 172 valence electrons. The van der Waals surface area contributed by atoms with Crippen molar-refractivity contribution in [3.8, 4) is 0 Å². The van der Waals surface area contributed by atoms with Crippen molar-refractivity contribution in [1.29, 1.82) is 0 Å². The van der Waals surface area contributed by atoms with E-state index in [0.29, 0.717) is 17.5 Å². The van der Waals surface area contributed by atoms with Crippen LogP contribution in [0.4, 0.5) is 5.69 Å². The number of hydrogen-bond acceptors (Lipinski definition) is 5. The summed E-state index contributed by atoms with van der Waals surface area (Å²) in [7, 11) is -3.74. The predicted molar refractivity (Wildman–Crippen MR) is 126 cm³/mol. The number of sulfonamides is 1. The van der Waals surface area contributed by atoms with Crippen LogP contribution in [0.1, 0.15) is 37.8 Å². The van der Waals surface area contributed by atoms with Crippen LogP contribution in [0.3, 0.4) is 0 Å². The third kappa shape index (κ3) is 4.41. The minimum Gasteiger partial charge on any atom is -0.326 e. The lowest BCUT2D eigenvalue weighted by Gasteiger charge is -2.27. The summed E-state index contributed by atoms with van der Waals surface area (Å²) in [6.07, 6.45) is 4.31. The molecule has 2 aliphatic rings. The Kier molecular flexibility index (Phi) is 6.32. The molecule has 2 fully saturated rings. The zero-order valence-electron chi connectivity index (χ0n) is 19.0. The van der Waals surface area contributed by atoms with Crippen molar-refractivity contribution < 1.29 is 18.0 Å². The van der Waals surface area contributed by atoms with Gasteiger partial charge >= 0.3 is 5.97 Å². The highest BCUT2D eigenvalue weighted by molar-refractivity contribution is 7.91. The summed E-state index contributed by atoms with van der Waals surface area (Å²) >= 11 is 0. The first-order chi connectivity index (χ1) is 15.3. The number of nitrogens with zero attached hydrogens (tertiary/aromatic N) is 2. The maximum absolute atomic E-state index is 12.2. The SMILES string of the molecule is CCC1(c2cccc(N(OC(C)=O)S(C)(=O)=O)c2)C2CN(CCCc3ccccc3)CC21. The van der Waals surface area contributed by atoms with E-state index in [2.05, 4.69) is 48.2 Å². The Morgan fingerprint density at radius 3 is 2.41 bits per heavy atom. The van der Waals surface area contributed by atoms with E-state index >= 15 is 0 Å². The number of hydrogen-bond donors (Lipinski definition) is 0. The van der Waals surface area contributed by atoms with E-state index < -0.39 is 16.0 Å². The first-order valence-corrected chi connectivity index (χ1v) is 13.2. The fourth-order valence-electron chi connectivity index (χ4n) is 5.64. The normalized spacial score (nSPS) is 24.7. The van der Waals surface area contributed by atoms with Crippen molar-refractivity contribution in [2.45, 2.75) is 38.5 Å². The molecule has 2 atom stereocenters. The molecular weight excluding hydrogens is 424 g/mol. The molecule has 0 amide bonds. The number of fused-ring (bicyclic) bond motifs is 1. The number of piperidine rings is 1. The van der Waals surface area contributed by atoms with E-state index in [1.165, 1.54) is 12.5 Å². The summed E-state index contributed by atoms with van der Waals surface area (Å²) in [5.74, 6) is 0.500. The minimum absolute atomic E-state index is 0.0747. The van der Waals surface area contributed by atoms with Crippen molar-refractivity contribution >= 4 is 21.7 Å². The van der Waals surface area contributed by atoms with Crippen molar-refractivity contribution in [2.75, 3.05) is 30.4 Å². The number of benzene rings is 2. The van der Waals surface area contributed by atoms with Gasteiger partial charge in [0.05, 0.1) is 11.9 Å². The highest BCUT2D eigenvalue weighted by Crippen LogP contribution is 2.65. The summed E-state index contributed by atoms with van der Waals surface area (Å²) in [5.41, 5.74) is 2.97. The van der Waals surface area contributed by atoms with Gasteiger partial charge in [-0.3, -0.25) is 0 Å². The molecule has 0 N–H and O–H groups in total. The largest absolute Gasteiger partial charge is 0.330 e. The fraction of sp³-hybridized carbons (Fsp3) is 0.480. The van der Waals surface area contributed by atoms with Crippen molar-refractivity contribution in [3.05, 3.63) is 65.7 Å². The standard InChI is InChI=1S/C25H32N2O4S/c1-4-25(21-13-8-14-22(16-21)27(31-19(2)28)32(3,29)30)23-17-26(18-24(23)25)15-9-12-20-10-6-5-7-11-20/h5-8,10-11,13-14,16,23-24H,4,9,12,15,17-18H2,1-3H3. The Morgan fingerprint density at radius 2 is 1.81 bits per heavy atom. The molecule has 1 aliphatic carbocycles. The van der Waals surface area contributed by atoms with Gasteiger partial charge in [-0.15, -0.1) is 0 Å². The Balaban J connectivity index is 1.43. The van der Waals surface area contributed by atoms with E-state index in [1.54, 1.807) is 6.07 Å². The minimum atomic E-state index is -3.74. The number of likely N-dealkylation sites (tertiary alicyclic amines) is 1. The molecule has 0 radical (unpaired) electrons. The number of aryl methyl sites for hydroxylation is 1. The zero-order chi connectivity index (χ0) is 22.9. The lowest BCUT2D eigenvalue weighted by molar-refractivity contribution is -0.140. The Labute approximate surface area is 191 Å². The van der Waals surface area contributed by atoms with Crippen LogP contribution < -0.4 is 4.47 Å². The third-order valence-corrected chi connectivity index (χ3v) is 7.97. The maximum Gasteiger partial charge on any atom is 0.330 e. The highest BCUT2D eigenvalue weighted by atomic mass is 32.2. The third-order valence-electron chi connectivity index (χ3n) is 7.08. The summed E-state index contributed by atoms with van der Waals surface area (Å²) < 4.78 is 25.1. The Morgan fingerprint density at radius 1 is 1.12 bits per heavy atom. The average molecular weight is 457 g/mol. The van der Waals surface area contributed by atoms with Crippen LogP contribution in [0.15, 0.2) is 54.6 Å².